The third-order valence-corrected chi connectivity index (χ3v) is 5.47. The number of nitrogens with zero attached hydrogens (tertiary/aromatic N) is 2. The van der Waals surface area contributed by atoms with Crippen LogP contribution in [0.25, 0.3) is 0 Å². The molecular weight excluding hydrogens is 419 g/mol. The van der Waals surface area contributed by atoms with Crippen LogP contribution in [-0.2, 0) is 11.3 Å². The summed E-state index contributed by atoms with van der Waals surface area (Å²) in [6, 6.07) is 3.86. The second-order valence-electron chi connectivity index (χ2n) is 6.21. The second kappa shape index (κ2) is 8.89. The summed E-state index contributed by atoms with van der Waals surface area (Å²) < 4.78 is 6.03. The van der Waals surface area contributed by atoms with Gasteiger partial charge in [-0.1, -0.05) is 0 Å². The molecule has 24 heavy (non-hydrogen) atoms. The zero-order valence-corrected chi connectivity index (χ0v) is 16.9. The number of phenols is 1. The van der Waals surface area contributed by atoms with Gasteiger partial charge in [-0.3, -0.25) is 9.69 Å². The fraction of sp³-hybridized carbons (Fsp3) is 0.611. The van der Waals surface area contributed by atoms with Crippen molar-refractivity contribution in [1.29, 1.82) is 0 Å². The highest BCUT2D eigenvalue weighted by Crippen LogP contribution is 2.33. The summed E-state index contributed by atoms with van der Waals surface area (Å²) >= 11 is 2.12. The zero-order valence-electron chi connectivity index (χ0n) is 14.7. The zero-order chi connectivity index (χ0) is 17.7. The highest BCUT2D eigenvalue weighted by atomic mass is 127. The molecule has 1 fully saturated rings. The van der Waals surface area contributed by atoms with Crippen molar-refractivity contribution in [2.75, 3.05) is 33.3 Å². The highest BCUT2D eigenvalue weighted by molar-refractivity contribution is 14.1. The fourth-order valence-corrected chi connectivity index (χ4v) is 3.99. The lowest BCUT2D eigenvalue weighted by Crippen LogP contribution is -2.44. The van der Waals surface area contributed by atoms with Gasteiger partial charge in [-0.05, 0) is 73.5 Å². The summed E-state index contributed by atoms with van der Waals surface area (Å²) in [6.45, 7) is 8.20. The minimum absolute atomic E-state index is 0.0942. The molecule has 2 rings (SSSR count). The molecule has 1 aliphatic heterocycles. The molecule has 0 saturated carbocycles. The van der Waals surface area contributed by atoms with Gasteiger partial charge >= 0.3 is 0 Å². The first-order valence-electron chi connectivity index (χ1n) is 8.56. The summed E-state index contributed by atoms with van der Waals surface area (Å²) in [7, 11) is 1.56. The molecule has 1 atom stereocenters. The molecule has 134 valence electrons. The van der Waals surface area contributed by atoms with Crippen LogP contribution in [-0.4, -0.2) is 54.1 Å². The van der Waals surface area contributed by atoms with E-state index in [0.717, 1.165) is 54.7 Å². The molecule has 1 unspecified atom stereocenters. The van der Waals surface area contributed by atoms with E-state index in [1.54, 1.807) is 7.11 Å². The quantitative estimate of drug-likeness (QED) is 0.683. The van der Waals surface area contributed by atoms with Crippen molar-refractivity contribution in [2.24, 2.45) is 5.92 Å². The summed E-state index contributed by atoms with van der Waals surface area (Å²) in [6.07, 6.45) is 2.02. The van der Waals surface area contributed by atoms with Gasteiger partial charge in [0.25, 0.3) is 0 Å². The van der Waals surface area contributed by atoms with Crippen LogP contribution in [0.1, 0.15) is 32.3 Å². The molecule has 1 amide bonds. The first kappa shape index (κ1) is 19.3. The van der Waals surface area contributed by atoms with Crippen LogP contribution in [0.2, 0.25) is 0 Å². The number of piperidine rings is 1. The van der Waals surface area contributed by atoms with Gasteiger partial charge in [0.1, 0.15) is 0 Å². The van der Waals surface area contributed by atoms with Crippen LogP contribution >= 0.6 is 22.6 Å². The van der Waals surface area contributed by atoms with Crippen LogP contribution in [0.5, 0.6) is 11.5 Å². The number of aromatic hydroxyl groups is 1. The number of halogens is 1. The molecule has 0 bridgehead atoms. The number of methoxy groups -OCH3 is 1. The predicted octanol–water partition coefficient (Wildman–Crippen LogP) is 3.09. The number of rotatable bonds is 6. The van der Waals surface area contributed by atoms with E-state index in [2.05, 4.69) is 27.5 Å². The maximum absolute atomic E-state index is 12.6. The number of ether oxygens (including phenoxy) is 1. The van der Waals surface area contributed by atoms with E-state index in [-0.39, 0.29) is 17.6 Å². The SMILES string of the molecule is CCN(CC)C(=O)C1CCCN(Cc2cc(I)c(O)c(OC)c2)C1. The lowest BCUT2D eigenvalue weighted by atomic mass is 9.96. The lowest BCUT2D eigenvalue weighted by molar-refractivity contribution is -0.137. The molecule has 5 nitrogen and oxygen atoms in total. The Balaban J connectivity index is 2.05. The van der Waals surface area contributed by atoms with Crippen molar-refractivity contribution >= 4 is 28.5 Å². The Bertz CT molecular complexity index is 576. The van der Waals surface area contributed by atoms with E-state index in [1.165, 1.54) is 0 Å². The molecule has 0 radical (unpaired) electrons. The van der Waals surface area contributed by atoms with Gasteiger partial charge in [0.2, 0.25) is 5.91 Å². The lowest BCUT2D eigenvalue weighted by Gasteiger charge is -2.34. The molecule has 1 saturated heterocycles. The molecule has 0 spiro atoms. The summed E-state index contributed by atoms with van der Waals surface area (Å²) in [5, 5.41) is 9.96. The molecule has 1 N–H and O–H groups in total. The Kier molecular flexibility index (Phi) is 7.16. The van der Waals surface area contributed by atoms with Crippen LogP contribution < -0.4 is 4.74 Å². The van der Waals surface area contributed by atoms with Crippen LogP contribution in [0.4, 0.5) is 0 Å². The van der Waals surface area contributed by atoms with Crippen molar-refractivity contribution < 1.29 is 14.6 Å². The number of hydrogen-bond acceptors (Lipinski definition) is 4. The average molecular weight is 446 g/mol. The summed E-state index contributed by atoms with van der Waals surface area (Å²) in [5.74, 6) is 1.07. The highest BCUT2D eigenvalue weighted by Gasteiger charge is 2.28. The van der Waals surface area contributed by atoms with E-state index < -0.39 is 0 Å². The van der Waals surface area contributed by atoms with E-state index in [1.807, 2.05) is 30.9 Å². The van der Waals surface area contributed by atoms with Crippen LogP contribution in [0.3, 0.4) is 0 Å². The number of phenolic OH excluding ortho intramolecular Hbond substituents is 1. The first-order valence-corrected chi connectivity index (χ1v) is 9.64. The number of hydrogen-bond donors (Lipinski definition) is 1. The molecule has 0 aromatic heterocycles. The van der Waals surface area contributed by atoms with E-state index in [4.69, 9.17) is 4.74 Å². The van der Waals surface area contributed by atoms with Crippen molar-refractivity contribution in [2.45, 2.75) is 33.2 Å². The van der Waals surface area contributed by atoms with E-state index in [0.29, 0.717) is 5.75 Å². The van der Waals surface area contributed by atoms with Gasteiger partial charge in [0, 0.05) is 26.2 Å². The standard InChI is InChI=1S/C18H27IN2O3/c1-4-21(5-2)18(23)14-7-6-8-20(12-14)11-13-9-15(19)17(22)16(10-13)24-3/h9-10,14,22H,4-8,11-12H2,1-3H3. The minimum Gasteiger partial charge on any atom is -0.504 e. The Morgan fingerprint density at radius 2 is 2.12 bits per heavy atom. The Morgan fingerprint density at radius 3 is 2.75 bits per heavy atom. The molecule has 1 heterocycles. The predicted molar refractivity (Wildman–Crippen MR) is 103 cm³/mol. The van der Waals surface area contributed by atoms with Gasteiger partial charge in [-0.15, -0.1) is 0 Å². The first-order chi connectivity index (χ1) is 11.5. The van der Waals surface area contributed by atoms with Crippen molar-refractivity contribution in [3.05, 3.63) is 21.3 Å². The Hall–Kier alpha value is -1.02. The normalized spacial score (nSPS) is 18.4. The number of likely N-dealkylation sites (tertiary alicyclic amines) is 1. The van der Waals surface area contributed by atoms with Crippen molar-refractivity contribution in [3.63, 3.8) is 0 Å². The molecule has 1 aliphatic rings. The largest absolute Gasteiger partial charge is 0.504 e. The van der Waals surface area contributed by atoms with Gasteiger partial charge in [-0.25, -0.2) is 0 Å². The van der Waals surface area contributed by atoms with Crippen LogP contribution in [0.15, 0.2) is 12.1 Å². The minimum atomic E-state index is 0.0942. The molecule has 1 aromatic carbocycles. The maximum atomic E-state index is 12.6. The molecule has 0 aliphatic carbocycles. The monoisotopic (exact) mass is 446 g/mol. The molecular formula is C18H27IN2O3. The number of carbonyl (C=O) groups excluding carboxylic acids is 1. The number of amides is 1. The summed E-state index contributed by atoms with van der Waals surface area (Å²) in [4.78, 5) is 16.9. The second-order valence-corrected chi connectivity index (χ2v) is 7.38. The smallest absolute Gasteiger partial charge is 0.226 e. The molecule has 1 aromatic rings. The van der Waals surface area contributed by atoms with Gasteiger partial charge in [-0.2, -0.15) is 0 Å². The third-order valence-electron chi connectivity index (χ3n) is 4.64. The van der Waals surface area contributed by atoms with Crippen molar-refractivity contribution in [3.8, 4) is 11.5 Å². The van der Waals surface area contributed by atoms with Gasteiger partial charge in [0.15, 0.2) is 11.5 Å². The number of carbonyl (C=O) groups is 1. The van der Waals surface area contributed by atoms with Gasteiger partial charge < -0.3 is 14.7 Å². The average Bonchev–Trinajstić information content (AvgIpc) is 2.59. The van der Waals surface area contributed by atoms with E-state index in [9.17, 15) is 9.90 Å². The topological polar surface area (TPSA) is 53.0 Å². The van der Waals surface area contributed by atoms with Gasteiger partial charge in [0.05, 0.1) is 16.6 Å². The third kappa shape index (κ3) is 4.53. The Morgan fingerprint density at radius 1 is 1.42 bits per heavy atom. The summed E-state index contributed by atoms with van der Waals surface area (Å²) in [5.41, 5.74) is 1.10. The molecule has 6 heteroatoms. The Labute approximate surface area is 158 Å². The van der Waals surface area contributed by atoms with Crippen LogP contribution in [0, 0.1) is 9.49 Å². The number of benzene rings is 1. The maximum Gasteiger partial charge on any atom is 0.226 e. The van der Waals surface area contributed by atoms with Crippen molar-refractivity contribution in [1.82, 2.24) is 9.80 Å². The fourth-order valence-electron chi connectivity index (χ4n) is 3.33. The van der Waals surface area contributed by atoms with E-state index >= 15 is 0 Å².